The molecule has 0 bridgehead atoms. The summed E-state index contributed by atoms with van der Waals surface area (Å²) in [5, 5.41) is 3.29. The van der Waals surface area contributed by atoms with Crippen LogP contribution in [-0.4, -0.2) is 38.9 Å². The van der Waals surface area contributed by atoms with Crippen LogP contribution in [0.5, 0.6) is 0 Å². The van der Waals surface area contributed by atoms with Crippen molar-refractivity contribution in [3.63, 3.8) is 0 Å². The first-order valence-electron chi connectivity index (χ1n) is 7.11. The molecule has 4 nitrogen and oxygen atoms in total. The monoisotopic (exact) mass is 378 g/mol. The Morgan fingerprint density at radius 1 is 1.38 bits per heavy atom. The lowest BCUT2D eigenvalue weighted by molar-refractivity contribution is 0.268. The average Bonchev–Trinajstić information content (AvgIpc) is 2.48. The molecule has 0 atom stereocenters. The molecule has 1 heterocycles. The molecule has 118 valence electrons. The van der Waals surface area contributed by atoms with Crippen LogP contribution in [0, 0.1) is 11.7 Å². The Balaban J connectivity index is 2.10. The zero-order valence-electron chi connectivity index (χ0n) is 12.0. The van der Waals surface area contributed by atoms with E-state index in [1.165, 1.54) is 16.4 Å². The Hall–Kier alpha value is -0.500. The molecule has 1 aromatic rings. The molecule has 1 aliphatic heterocycles. The van der Waals surface area contributed by atoms with Crippen molar-refractivity contribution in [3.8, 4) is 0 Å². The third-order valence-corrected chi connectivity index (χ3v) is 6.66. The van der Waals surface area contributed by atoms with Gasteiger partial charge in [0.05, 0.1) is 4.90 Å². The molecule has 0 radical (unpaired) electrons. The van der Waals surface area contributed by atoms with Gasteiger partial charge in [0.15, 0.2) is 0 Å². The number of rotatable bonds is 5. The van der Waals surface area contributed by atoms with E-state index in [9.17, 15) is 12.8 Å². The summed E-state index contributed by atoms with van der Waals surface area (Å²) in [6.45, 7) is 4.88. The molecular weight excluding hydrogens is 359 g/mol. The van der Waals surface area contributed by atoms with E-state index in [2.05, 4.69) is 28.2 Å². The summed E-state index contributed by atoms with van der Waals surface area (Å²) in [5.41, 5.74) is 0. The summed E-state index contributed by atoms with van der Waals surface area (Å²) in [4.78, 5) is 0.00707. The van der Waals surface area contributed by atoms with Gasteiger partial charge in [-0.3, -0.25) is 0 Å². The Morgan fingerprint density at radius 2 is 2.05 bits per heavy atom. The van der Waals surface area contributed by atoms with E-state index in [4.69, 9.17) is 0 Å². The highest BCUT2D eigenvalue weighted by molar-refractivity contribution is 9.10. The molecule has 1 saturated heterocycles. The van der Waals surface area contributed by atoms with Crippen molar-refractivity contribution in [3.05, 3.63) is 28.5 Å². The van der Waals surface area contributed by atoms with Crippen LogP contribution in [0.2, 0.25) is 0 Å². The van der Waals surface area contributed by atoms with Crippen molar-refractivity contribution in [2.24, 2.45) is 5.92 Å². The van der Waals surface area contributed by atoms with Crippen molar-refractivity contribution < 1.29 is 12.8 Å². The maximum absolute atomic E-state index is 13.3. The molecule has 0 saturated carbocycles. The van der Waals surface area contributed by atoms with Gasteiger partial charge in [0.1, 0.15) is 5.82 Å². The second-order valence-electron chi connectivity index (χ2n) is 5.23. The minimum absolute atomic E-state index is 0.00707. The Kier molecular flexibility index (Phi) is 5.76. The first kappa shape index (κ1) is 16.9. The van der Waals surface area contributed by atoms with Crippen LogP contribution >= 0.6 is 15.9 Å². The van der Waals surface area contributed by atoms with Gasteiger partial charge in [0, 0.05) is 17.6 Å². The fourth-order valence-electron chi connectivity index (χ4n) is 2.52. The summed E-state index contributed by atoms with van der Waals surface area (Å²) in [5.74, 6) is -0.0360. The molecule has 0 amide bonds. The van der Waals surface area contributed by atoms with Crippen molar-refractivity contribution in [1.29, 1.82) is 0 Å². The highest BCUT2D eigenvalue weighted by atomic mass is 79.9. The first-order chi connectivity index (χ1) is 9.95. The number of nitrogens with one attached hydrogen (secondary N) is 1. The maximum Gasteiger partial charge on any atom is 0.244 e. The minimum atomic E-state index is -3.63. The van der Waals surface area contributed by atoms with E-state index in [0.29, 0.717) is 23.5 Å². The number of piperidine rings is 1. The zero-order chi connectivity index (χ0) is 15.5. The molecule has 0 unspecified atom stereocenters. The van der Waals surface area contributed by atoms with E-state index >= 15 is 0 Å². The average molecular weight is 379 g/mol. The molecule has 7 heteroatoms. The second kappa shape index (κ2) is 7.17. The van der Waals surface area contributed by atoms with Crippen LogP contribution in [0.25, 0.3) is 0 Å². The summed E-state index contributed by atoms with van der Waals surface area (Å²) >= 11 is 3.20. The number of hydrogen-bond donors (Lipinski definition) is 1. The molecule has 1 fully saturated rings. The summed E-state index contributed by atoms with van der Waals surface area (Å²) in [6, 6.07) is 3.75. The summed E-state index contributed by atoms with van der Waals surface area (Å²) < 4.78 is 40.4. The molecule has 1 aliphatic rings. The number of nitrogens with zero attached hydrogens (tertiary/aromatic N) is 1. The third kappa shape index (κ3) is 4.03. The Bertz CT molecular complexity index is 587. The van der Waals surface area contributed by atoms with Gasteiger partial charge in [-0.25, -0.2) is 12.8 Å². The second-order valence-corrected chi connectivity index (χ2v) is 7.99. The van der Waals surface area contributed by atoms with Gasteiger partial charge in [-0.1, -0.05) is 6.92 Å². The summed E-state index contributed by atoms with van der Waals surface area (Å²) in [6.07, 6.45) is 1.67. The number of hydrogen-bond acceptors (Lipinski definition) is 3. The molecule has 1 N–H and O–H groups in total. The first-order valence-corrected chi connectivity index (χ1v) is 9.34. The summed E-state index contributed by atoms with van der Waals surface area (Å²) in [7, 11) is -3.63. The number of benzene rings is 1. The smallest absolute Gasteiger partial charge is 0.244 e. The Labute approximate surface area is 133 Å². The predicted octanol–water partition coefficient (Wildman–Crippen LogP) is 2.60. The fraction of sp³-hybridized carbons (Fsp3) is 0.571. The number of sulfonamides is 1. The normalized spacial score (nSPS) is 18.0. The molecule has 0 aliphatic carbocycles. The quantitative estimate of drug-likeness (QED) is 0.856. The van der Waals surface area contributed by atoms with E-state index in [0.717, 1.165) is 32.0 Å². The van der Waals surface area contributed by atoms with Gasteiger partial charge in [-0.15, -0.1) is 0 Å². The van der Waals surface area contributed by atoms with Gasteiger partial charge >= 0.3 is 0 Å². The highest BCUT2D eigenvalue weighted by Crippen LogP contribution is 2.28. The standard InChI is InChI=1S/C14H20BrFN2O2S/c1-2-17-10-11-5-7-18(8-6-11)21(19,20)14-9-12(16)3-4-13(14)15/h3-4,9,11,17H,2,5-8,10H2,1H3. The van der Waals surface area contributed by atoms with Crippen LogP contribution in [0.3, 0.4) is 0 Å². The van der Waals surface area contributed by atoms with Crippen LogP contribution in [0.1, 0.15) is 19.8 Å². The molecule has 0 aromatic heterocycles. The highest BCUT2D eigenvalue weighted by Gasteiger charge is 2.30. The number of halogens is 2. The van der Waals surface area contributed by atoms with Gasteiger partial charge in [-0.2, -0.15) is 4.31 Å². The van der Waals surface area contributed by atoms with Gasteiger partial charge in [0.2, 0.25) is 10.0 Å². The molecule has 1 aromatic carbocycles. The van der Waals surface area contributed by atoms with Gasteiger partial charge in [0.25, 0.3) is 0 Å². The SMILES string of the molecule is CCNCC1CCN(S(=O)(=O)c2cc(F)ccc2Br)CC1. The lowest BCUT2D eigenvalue weighted by Gasteiger charge is -2.31. The van der Waals surface area contributed by atoms with E-state index in [1.54, 1.807) is 0 Å². The van der Waals surface area contributed by atoms with Gasteiger partial charge in [-0.05, 0) is 66.0 Å². The predicted molar refractivity (Wildman–Crippen MR) is 84.1 cm³/mol. The van der Waals surface area contributed by atoms with Crippen LogP contribution < -0.4 is 5.32 Å². The third-order valence-electron chi connectivity index (χ3n) is 3.77. The van der Waals surface area contributed by atoms with Crippen LogP contribution in [0.4, 0.5) is 4.39 Å². The van der Waals surface area contributed by atoms with E-state index in [-0.39, 0.29) is 4.90 Å². The maximum atomic E-state index is 13.3. The van der Waals surface area contributed by atoms with Crippen molar-refractivity contribution >= 4 is 26.0 Å². The van der Waals surface area contributed by atoms with E-state index < -0.39 is 15.8 Å². The molecule has 0 spiro atoms. The fourth-order valence-corrected chi connectivity index (χ4v) is 4.92. The molecule has 2 rings (SSSR count). The largest absolute Gasteiger partial charge is 0.317 e. The zero-order valence-corrected chi connectivity index (χ0v) is 14.4. The van der Waals surface area contributed by atoms with E-state index in [1.807, 2.05) is 0 Å². The van der Waals surface area contributed by atoms with Crippen molar-refractivity contribution in [1.82, 2.24) is 9.62 Å². The lowest BCUT2D eigenvalue weighted by atomic mass is 9.98. The minimum Gasteiger partial charge on any atom is -0.317 e. The lowest BCUT2D eigenvalue weighted by Crippen LogP contribution is -2.40. The van der Waals surface area contributed by atoms with Crippen LogP contribution in [0.15, 0.2) is 27.6 Å². The van der Waals surface area contributed by atoms with Gasteiger partial charge < -0.3 is 5.32 Å². The van der Waals surface area contributed by atoms with Crippen LogP contribution in [-0.2, 0) is 10.0 Å². The molecule has 21 heavy (non-hydrogen) atoms. The molecular formula is C14H20BrFN2O2S. The van der Waals surface area contributed by atoms with Crippen molar-refractivity contribution in [2.75, 3.05) is 26.2 Å². The topological polar surface area (TPSA) is 49.4 Å². The Morgan fingerprint density at radius 3 is 2.67 bits per heavy atom. The van der Waals surface area contributed by atoms with Crippen molar-refractivity contribution in [2.45, 2.75) is 24.7 Å².